The van der Waals surface area contributed by atoms with Gasteiger partial charge in [-0.15, -0.1) is 35.3 Å². The minimum atomic E-state index is 0. The number of aromatic amines is 1. The van der Waals surface area contributed by atoms with Gasteiger partial charge in [-0.25, -0.2) is 0 Å². The number of aliphatic imine (C=N–C) groups is 1. The molecule has 0 radical (unpaired) electrons. The van der Waals surface area contributed by atoms with Crippen LogP contribution in [0.1, 0.15) is 16.1 Å². The van der Waals surface area contributed by atoms with E-state index in [1.165, 1.54) is 27.0 Å². The molecule has 0 atom stereocenters. The van der Waals surface area contributed by atoms with Gasteiger partial charge in [0.1, 0.15) is 0 Å². The zero-order chi connectivity index (χ0) is 16.1. The van der Waals surface area contributed by atoms with Gasteiger partial charge >= 0.3 is 0 Å². The lowest BCUT2D eigenvalue weighted by atomic mass is 10.1. The number of hydrogen-bond donors (Lipinski definition) is 3. The molecule has 0 bridgehead atoms. The van der Waals surface area contributed by atoms with Gasteiger partial charge < -0.3 is 15.6 Å². The fourth-order valence-electron chi connectivity index (χ4n) is 2.77. The Bertz CT molecular complexity index is 793. The highest BCUT2D eigenvalue weighted by molar-refractivity contribution is 14.0. The van der Waals surface area contributed by atoms with Crippen LogP contribution in [0.5, 0.6) is 0 Å². The molecule has 0 fully saturated rings. The highest BCUT2D eigenvalue weighted by Gasteiger charge is 2.07. The standard InChI is InChI=1S/C18H22N4S.HI/c1-13-15(16-7-3-4-8-17(16)22-13)9-10-20-18(19-2)21-12-14-6-5-11-23-14;/h3-8,11,22H,9-10,12H2,1-2H3,(H2,19,20,21);1H. The van der Waals surface area contributed by atoms with E-state index in [0.717, 1.165) is 25.5 Å². The van der Waals surface area contributed by atoms with Crippen LogP contribution in [0, 0.1) is 6.92 Å². The van der Waals surface area contributed by atoms with Gasteiger partial charge in [-0.3, -0.25) is 4.99 Å². The first-order valence-electron chi connectivity index (χ1n) is 7.81. The third-order valence-corrected chi connectivity index (χ3v) is 4.80. The Morgan fingerprint density at radius 3 is 2.75 bits per heavy atom. The van der Waals surface area contributed by atoms with E-state index >= 15 is 0 Å². The summed E-state index contributed by atoms with van der Waals surface area (Å²) in [7, 11) is 1.81. The third-order valence-electron chi connectivity index (χ3n) is 3.93. The Labute approximate surface area is 163 Å². The molecule has 0 aliphatic rings. The van der Waals surface area contributed by atoms with Crippen molar-refractivity contribution in [2.75, 3.05) is 13.6 Å². The van der Waals surface area contributed by atoms with Crippen LogP contribution in [-0.2, 0) is 13.0 Å². The highest BCUT2D eigenvalue weighted by Crippen LogP contribution is 2.21. The van der Waals surface area contributed by atoms with Crippen molar-refractivity contribution in [3.8, 4) is 0 Å². The lowest BCUT2D eigenvalue weighted by Crippen LogP contribution is -2.37. The molecule has 0 spiro atoms. The summed E-state index contributed by atoms with van der Waals surface area (Å²) in [6, 6.07) is 12.7. The number of benzene rings is 1. The summed E-state index contributed by atoms with van der Waals surface area (Å²) in [5.41, 5.74) is 3.83. The summed E-state index contributed by atoms with van der Waals surface area (Å²) < 4.78 is 0. The van der Waals surface area contributed by atoms with Crippen molar-refractivity contribution >= 4 is 52.2 Å². The van der Waals surface area contributed by atoms with Gasteiger partial charge in [0.15, 0.2) is 5.96 Å². The second-order valence-corrected chi connectivity index (χ2v) is 6.49. The van der Waals surface area contributed by atoms with Crippen LogP contribution in [0.4, 0.5) is 0 Å². The molecule has 3 aromatic rings. The summed E-state index contributed by atoms with van der Waals surface area (Å²) in [5, 5.41) is 10.1. The molecule has 2 aromatic heterocycles. The van der Waals surface area contributed by atoms with Crippen molar-refractivity contribution in [2.24, 2.45) is 4.99 Å². The molecular formula is C18H23IN4S. The van der Waals surface area contributed by atoms with E-state index in [1.54, 1.807) is 18.4 Å². The van der Waals surface area contributed by atoms with Crippen molar-refractivity contribution < 1.29 is 0 Å². The van der Waals surface area contributed by atoms with Gasteiger partial charge in [0, 0.05) is 35.1 Å². The number of aryl methyl sites for hydroxylation is 1. The van der Waals surface area contributed by atoms with Crippen LogP contribution in [0.15, 0.2) is 46.8 Å². The first-order chi connectivity index (χ1) is 11.3. The maximum atomic E-state index is 4.28. The lowest BCUT2D eigenvalue weighted by molar-refractivity contribution is 0.799. The van der Waals surface area contributed by atoms with Gasteiger partial charge in [-0.1, -0.05) is 24.3 Å². The quantitative estimate of drug-likeness (QED) is 0.310. The molecule has 0 aliphatic heterocycles. The van der Waals surface area contributed by atoms with E-state index in [2.05, 4.69) is 69.3 Å². The number of hydrogen-bond acceptors (Lipinski definition) is 2. The number of para-hydroxylation sites is 1. The minimum Gasteiger partial charge on any atom is -0.358 e. The van der Waals surface area contributed by atoms with Gasteiger partial charge in [-0.2, -0.15) is 0 Å². The number of guanidine groups is 1. The molecule has 0 saturated carbocycles. The average Bonchev–Trinajstić information content (AvgIpc) is 3.18. The molecule has 0 unspecified atom stereocenters. The number of nitrogens with one attached hydrogen (secondary N) is 3. The normalized spacial score (nSPS) is 11.3. The SMILES string of the molecule is CN=C(NCCc1c(C)[nH]c2ccccc12)NCc1cccs1.I. The Balaban J connectivity index is 0.00000208. The Morgan fingerprint density at radius 2 is 2.00 bits per heavy atom. The molecule has 3 rings (SSSR count). The van der Waals surface area contributed by atoms with Gasteiger partial charge in [0.2, 0.25) is 0 Å². The molecular weight excluding hydrogens is 431 g/mol. The number of nitrogens with zero attached hydrogens (tertiary/aromatic N) is 1. The Hall–Kier alpha value is -1.54. The maximum Gasteiger partial charge on any atom is 0.191 e. The number of fused-ring (bicyclic) bond motifs is 1. The average molecular weight is 454 g/mol. The van der Waals surface area contributed by atoms with Crippen LogP contribution in [-0.4, -0.2) is 24.5 Å². The number of rotatable bonds is 5. The molecule has 0 aliphatic carbocycles. The topological polar surface area (TPSA) is 52.2 Å². The Kier molecular flexibility index (Phi) is 7.11. The predicted molar refractivity (Wildman–Crippen MR) is 115 cm³/mol. The van der Waals surface area contributed by atoms with E-state index in [1.807, 2.05) is 0 Å². The zero-order valence-electron chi connectivity index (χ0n) is 13.9. The summed E-state index contributed by atoms with van der Waals surface area (Å²) in [4.78, 5) is 9.04. The summed E-state index contributed by atoms with van der Waals surface area (Å²) >= 11 is 1.75. The van der Waals surface area contributed by atoms with Crippen LogP contribution in [0.3, 0.4) is 0 Å². The molecule has 0 amide bonds. The van der Waals surface area contributed by atoms with E-state index in [4.69, 9.17) is 0 Å². The van der Waals surface area contributed by atoms with Crippen molar-refractivity contribution in [2.45, 2.75) is 19.9 Å². The zero-order valence-corrected chi connectivity index (χ0v) is 17.1. The third kappa shape index (κ3) is 4.51. The number of thiophene rings is 1. The van der Waals surface area contributed by atoms with Gasteiger partial charge in [0.05, 0.1) is 6.54 Å². The predicted octanol–water partition coefficient (Wildman–Crippen LogP) is 4.06. The Morgan fingerprint density at radius 1 is 1.17 bits per heavy atom. The maximum absolute atomic E-state index is 4.28. The van der Waals surface area contributed by atoms with Crippen molar-refractivity contribution in [3.05, 3.63) is 57.9 Å². The molecule has 128 valence electrons. The first kappa shape index (κ1) is 18.8. The monoisotopic (exact) mass is 454 g/mol. The fourth-order valence-corrected chi connectivity index (χ4v) is 3.41. The van der Waals surface area contributed by atoms with Crippen molar-refractivity contribution in [3.63, 3.8) is 0 Å². The number of aromatic nitrogens is 1. The summed E-state index contributed by atoms with van der Waals surface area (Å²) in [6.07, 6.45) is 0.968. The fraction of sp³-hybridized carbons (Fsp3) is 0.278. The lowest BCUT2D eigenvalue weighted by Gasteiger charge is -2.11. The molecule has 24 heavy (non-hydrogen) atoms. The second kappa shape index (κ2) is 9.08. The number of halogens is 1. The largest absolute Gasteiger partial charge is 0.358 e. The molecule has 0 saturated heterocycles. The van der Waals surface area contributed by atoms with E-state index in [-0.39, 0.29) is 24.0 Å². The second-order valence-electron chi connectivity index (χ2n) is 5.46. The summed E-state index contributed by atoms with van der Waals surface area (Å²) in [6.45, 7) is 3.80. The van der Waals surface area contributed by atoms with Crippen molar-refractivity contribution in [1.82, 2.24) is 15.6 Å². The van der Waals surface area contributed by atoms with E-state index in [0.29, 0.717) is 0 Å². The molecule has 2 heterocycles. The van der Waals surface area contributed by atoms with Crippen LogP contribution in [0.25, 0.3) is 10.9 Å². The first-order valence-corrected chi connectivity index (χ1v) is 8.69. The molecule has 4 nitrogen and oxygen atoms in total. The minimum absolute atomic E-state index is 0. The van der Waals surface area contributed by atoms with Crippen LogP contribution < -0.4 is 10.6 Å². The van der Waals surface area contributed by atoms with E-state index in [9.17, 15) is 0 Å². The van der Waals surface area contributed by atoms with Crippen LogP contribution >= 0.6 is 35.3 Å². The van der Waals surface area contributed by atoms with Gasteiger partial charge in [-0.05, 0) is 36.4 Å². The number of H-pyrrole nitrogens is 1. The molecule has 1 aromatic carbocycles. The smallest absolute Gasteiger partial charge is 0.191 e. The summed E-state index contributed by atoms with van der Waals surface area (Å²) in [5.74, 6) is 0.843. The molecule has 6 heteroatoms. The van der Waals surface area contributed by atoms with Crippen LogP contribution in [0.2, 0.25) is 0 Å². The molecule has 3 N–H and O–H groups in total. The van der Waals surface area contributed by atoms with E-state index < -0.39 is 0 Å². The van der Waals surface area contributed by atoms with Gasteiger partial charge in [0.25, 0.3) is 0 Å². The highest BCUT2D eigenvalue weighted by atomic mass is 127. The van der Waals surface area contributed by atoms with Crippen molar-refractivity contribution in [1.29, 1.82) is 0 Å².